The fourth-order valence-electron chi connectivity index (χ4n) is 2.58. The van der Waals surface area contributed by atoms with Gasteiger partial charge in [-0.1, -0.05) is 20.8 Å². The van der Waals surface area contributed by atoms with E-state index in [1.807, 2.05) is 12.1 Å². The lowest BCUT2D eigenvalue weighted by Crippen LogP contribution is -2.54. The quantitative estimate of drug-likeness (QED) is 0.492. The minimum Gasteiger partial charge on any atom is -0.496 e. The van der Waals surface area contributed by atoms with Crippen molar-refractivity contribution in [3.8, 4) is 5.75 Å². The van der Waals surface area contributed by atoms with E-state index in [2.05, 4.69) is 33.2 Å². The summed E-state index contributed by atoms with van der Waals surface area (Å²) in [7, 11) is 1.53. The lowest BCUT2D eigenvalue weighted by Gasteiger charge is -2.24. The molecule has 0 saturated carbocycles. The molecule has 0 saturated heterocycles. The van der Waals surface area contributed by atoms with Gasteiger partial charge in [-0.3, -0.25) is 14.4 Å². The molecule has 0 aromatic heterocycles. The van der Waals surface area contributed by atoms with E-state index >= 15 is 0 Å². The molecule has 1 rings (SSSR count). The largest absolute Gasteiger partial charge is 0.496 e. The van der Waals surface area contributed by atoms with Crippen molar-refractivity contribution in [2.45, 2.75) is 45.7 Å². The first-order valence-corrected chi connectivity index (χ1v) is 9.82. The summed E-state index contributed by atoms with van der Waals surface area (Å²) in [6.07, 6.45) is 0.337. The Morgan fingerprint density at radius 3 is 2.41 bits per heavy atom. The Balaban J connectivity index is 2.84. The number of carbonyl (C=O) groups is 3. The van der Waals surface area contributed by atoms with Gasteiger partial charge in [-0.05, 0) is 53.1 Å². The van der Waals surface area contributed by atoms with E-state index in [0.29, 0.717) is 11.3 Å². The topological polar surface area (TPSA) is 84.5 Å². The van der Waals surface area contributed by atoms with Crippen LogP contribution in [0.1, 0.15) is 32.8 Å². The third-order valence-corrected chi connectivity index (χ3v) is 4.78. The first-order valence-electron chi connectivity index (χ1n) is 8.74. The molecule has 6 nitrogen and oxygen atoms in total. The molecule has 0 aliphatic carbocycles. The summed E-state index contributed by atoms with van der Waals surface area (Å²) in [6.45, 7) is 4.12. The van der Waals surface area contributed by atoms with Crippen molar-refractivity contribution in [1.29, 1.82) is 0 Å². The molecule has 2 amide bonds. The zero-order chi connectivity index (χ0) is 20.6. The second kappa shape index (κ2) is 11.2. The van der Waals surface area contributed by atoms with Gasteiger partial charge in [0.15, 0.2) is 5.78 Å². The van der Waals surface area contributed by atoms with Gasteiger partial charge in [0.2, 0.25) is 11.8 Å². The summed E-state index contributed by atoms with van der Waals surface area (Å²) < 4.78 is 18.8. The number of ether oxygens (including phenoxy) is 1. The molecule has 0 aliphatic rings. The number of hydrogen-bond donors (Lipinski definition) is 2. The van der Waals surface area contributed by atoms with Crippen molar-refractivity contribution in [3.05, 3.63) is 27.3 Å². The first-order chi connectivity index (χ1) is 12.7. The number of methoxy groups -OCH3 is 1. The minimum absolute atomic E-state index is 0.0527. The van der Waals surface area contributed by atoms with E-state index in [-0.39, 0.29) is 24.7 Å². The van der Waals surface area contributed by atoms with Gasteiger partial charge in [0.1, 0.15) is 18.5 Å². The molecule has 150 valence electrons. The van der Waals surface area contributed by atoms with Crippen LogP contribution in [0, 0.1) is 9.49 Å². The standard InChI is InChI=1S/C19H26FIN2O4/c1-5-14(15(24)10-20)22-19(26)18(11(2)3)23-17(25)9-12-8-13(21)6-7-16(12)27-4/h6-8,11,14,18H,5,9-10H2,1-4H3,(H,22,26)(H,23,25)/t14?,18-/m0/s1. The van der Waals surface area contributed by atoms with Crippen LogP contribution in [0.5, 0.6) is 5.75 Å². The number of Topliss-reactive ketones (excluding diaryl/α,β-unsaturated/α-hetero) is 1. The van der Waals surface area contributed by atoms with Gasteiger partial charge in [0.25, 0.3) is 0 Å². The fourth-order valence-corrected chi connectivity index (χ4v) is 3.14. The Morgan fingerprint density at radius 1 is 1.22 bits per heavy atom. The molecule has 2 atom stereocenters. The highest BCUT2D eigenvalue weighted by Crippen LogP contribution is 2.21. The Morgan fingerprint density at radius 2 is 1.89 bits per heavy atom. The van der Waals surface area contributed by atoms with Gasteiger partial charge in [0, 0.05) is 9.13 Å². The maximum absolute atomic E-state index is 12.6. The van der Waals surface area contributed by atoms with Crippen molar-refractivity contribution < 1.29 is 23.5 Å². The highest BCUT2D eigenvalue weighted by molar-refractivity contribution is 14.1. The molecule has 2 N–H and O–H groups in total. The van der Waals surface area contributed by atoms with Gasteiger partial charge in [-0.2, -0.15) is 0 Å². The SMILES string of the molecule is CCC(NC(=O)[C@@H](NC(=O)Cc1cc(I)ccc1OC)C(C)C)C(=O)CF. The number of halogens is 2. The van der Waals surface area contributed by atoms with Crippen LogP contribution in [0.3, 0.4) is 0 Å². The maximum atomic E-state index is 12.6. The first kappa shape index (κ1) is 23.3. The summed E-state index contributed by atoms with van der Waals surface area (Å²) in [5, 5.41) is 5.24. The summed E-state index contributed by atoms with van der Waals surface area (Å²) in [6, 6.07) is 3.78. The monoisotopic (exact) mass is 492 g/mol. The molecule has 1 unspecified atom stereocenters. The normalized spacial score (nSPS) is 13.0. The number of hydrogen-bond acceptors (Lipinski definition) is 4. The highest BCUT2D eigenvalue weighted by Gasteiger charge is 2.28. The van der Waals surface area contributed by atoms with Crippen LogP contribution in [0.2, 0.25) is 0 Å². The van der Waals surface area contributed by atoms with Gasteiger partial charge in [0.05, 0.1) is 19.6 Å². The molecule has 0 heterocycles. The predicted octanol–water partition coefficient (Wildman–Crippen LogP) is 2.42. The van der Waals surface area contributed by atoms with E-state index < -0.39 is 30.4 Å². The summed E-state index contributed by atoms with van der Waals surface area (Å²) >= 11 is 2.14. The van der Waals surface area contributed by atoms with Crippen LogP contribution in [-0.2, 0) is 20.8 Å². The number of benzene rings is 1. The van der Waals surface area contributed by atoms with Crippen molar-refractivity contribution in [1.82, 2.24) is 10.6 Å². The smallest absolute Gasteiger partial charge is 0.243 e. The Hall–Kier alpha value is -1.71. The molecule has 1 aromatic carbocycles. The molecular weight excluding hydrogens is 466 g/mol. The number of carbonyl (C=O) groups excluding carboxylic acids is 3. The molecule has 27 heavy (non-hydrogen) atoms. The van der Waals surface area contributed by atoms with Crippen LogP contribution >= 0.6 is 22.6 Å². The van der Waals surface area contributed by atoms with Crippen molar-refractivity contribution >= 4 is 40.2 Å². The third-order valence-electron chi connectivity index (χ3n) is 4.10. The Labute approximate surface area is 172 Å². The zero-order valence-electron chi connectivity index (χ0n) is 16.0. The molecular formula is C19H26FIN2O4. The summed E-state index contributed by atoms with van der Waals surface area (Å²) in [4.78, 5) is 36.5. The van der Waals surface area contributed by atoms with Crippen LogP contribution in [0.25, 0.3) is 0 Å². The van der Waals surface area contributed by atoms with E-state index in [0.717, 1.165) is 3.57 Å². The Bertz CT molecular complexity index is 682. The molecule has 0 bridgehead atoms. The van der Waals surface area contributed by atoms with Crippen molar-refractivity contribution in [2.75, 3.05) is 13.8 Å². The average molecular weight is 492 g/mol. The minimum atomic E-state index is -1.13. The highest BCUT2D eigenvalue weighted by atomic mass is 127. The number of amides is 2. The van der Waals surface area contributed by atoms with Gasteiger partial charge in [-0.15, -0.1) is 0 Å². The predicted molar refractivity (Wildman–Crippen MR) is 109 cm³/mol. The zero-order valence-corrected chi connectivity index (χ0v) is 18.1. The third kappa shape index (κ3) is 7.08. The molecule has 0 radical (unpaired) electrons. The van der Waals surface area contributed by atoms with Gasteiger partial charge in [-0.25, -0.2) is 4.39 Å². The van der Waals surface area contributed by atoms with Gasteiger partial charge < -0.3 is 15.4 Å². The number of alkyl halides is 1. The fraction of sp³-hybridized carbons (Fsp3) is 0.526. The molecule has 0 spiro atoms. The van der Waals surface area contributed by atoms with E-state index in [1.165, 1.54) is 7.11 Å². The molecule has 1 aromatic rings. The lowest BCUT2D eigenvalue weighted by atomic mass is 10.0. The Kier molecular flexibility index (Phi) is 9.68. The maximum Gasteiger partial charge on any atom is 0.243 e. The summed E-state index contributed by atoms with van der Waals surface area (Å²) in [5.41, 5.74) is 0.712. The number of ketones is 1. The molecule has 0 fully saturated rings. The van der Waals surface area contributed by atoms with Gasteiger partial charge >= 0.3 is 0 Å². The summed E-state index contributed by atoms with van der Waals surface area (Å²) in [5.74, 6) is -1.13. The van der Waals surface area contributed by atoms with Crippen LogP contribution < -0.4 is 15.4 Å². The van der Waals surface area contributed by atoms with Crippen molar-refractivity contribution in [3.63, 3.8) is 0 Å². The number of nitrogens with one attached hydrogen (secondary N) is 2. The van der Waals surface area contributed by atoms with Crippen LogP contribution in [0.15, 0.2) is 18.2 Å². The number of rotatable bonds is 10. The van der Waals surface area contributed by atoms with Crippen molar-refractivity contribution in [2.24, 2.45) is 5.92 Å². The average Bonchev–Trinajstić information content (AvgIpc) is 2.63. The van der Waals surface area contributed by atoms with Crippen LogP contribution in [-0.4, -0.2) is 43.5 Å². The van der Waals surface area contributed by atoms with Crippen LogP contribution in [0.4, 0.5) is 4.39 Å². The second-order valence-corrected chi connectivity index (χ2v) is 7.74. The van der Waals surface area contributed by atoms with E-state index in [4.69, 9.17) is 4.74 Å². The molecule has 8 heteroatoms. The molecule has 0 aliphatic heterocycles. The van der Waals surface area contributed by atoms with E-state index in [9.17, 15) is 18.8 Å². The second-order valence-electron chi connectivity index (χ2n) is 6.49. The van der Waals surface area contributed by atoms with E-state index in [1.54, 1.807) is 26.8 Å². The lowest BCUT2D eigenvalue weighted by molar-refractivity contribution is -0.132.